The molecule has 1 aliphatic rings. The van der Waals surface area contributed by atoms with Crippen LogP contribution in [0.1, 0.15) is 19.8 Å². The maximum Gasteiger partial charge on any atom is 0.222 e. The third kappa shape index (κ3) is 3.47. The molecular weight excluding hydrogens is 314 g/mol. The summed E-state index contributed by atoms with van der Waals surface area (Å²) in [6.07, 6.45) is 4.82. The van der Waals surface area contributed by atoms with Gasteiger partial charge in [-0.05, 0) is 24.6 Å². The molecule has 0 bridgehead atoms. The summed E-state index contributed by atoms with van der Waals surface area (Å²) >= 11 is 6.45. The van der Waals surface area contributed by atoms with E-state index in [9.17, 15) is 4.79 Å². The van der Waals surface area contributed by atoms with Crippen LogP contribution >= 0.6 is 11.6 Å². The summed E-state index contributed by atoms with van der Waals surface area (Å²) in [5.74, 6) is 0.251. The average Bonchev–Trinajstić information content (AvgIpc) is 3.10. The van der Waals surface area contributed by atoms with Gasteiger partial charge in [-0.3, -0.25) is 9.36 Å². The van der Waals surface area contributed by atoms with Crippen LogP contribution in [0.15, 0.2) is 30.9 Å². The van der Waals surface area contributed by atoms with Gasteiger partial charge in [0, 0.05) is 38.3 Å². The number of carbonyl (C=O) groups excluding carboxylic acids is 1. The zero-order chi connectivity index (χ0) is 16.2. The summed E-state index contributed by atoms with van der Waals surface area (Å²) in [6.45, 7) is 5.15. The highest BCUT2D eigenvalue weighted by Crippen LogP contribution is 2.29. The van der Waals surface area contributed by atoms with E-state index in [1.54, 1.807) is 12.7 Å². The van der Waals surface area contributed by atoms with Crippen molar-refractivity contribution in [2.24, 2.45) is 0 Å². The van der Waals surface area contributed by atoms with Crippen LogP contribution in [0, 0.1) is 0 Å². The van der Waals surface area contributed by atoms with Gasteiger partial charge < -0.3 is 9.80 Å². The lowest BCUT2D eigenvalue weighted by Crippen LogP contribution is -2.48. The fraction of sp³-hybridized carbons (Fsp3) is 0.438. The minimum atomic E-state index is 0.251. The third-order valence-corrected chi connectivity index (χ3v) is 4.39. The number of nitrogens with zero attached hydrogens (tertiary/aromatic N) is 5. The molecule has 1 aliphatic heterocycles. The van der Waals surface area contributed by atoms with E-state index in [1.807, 2.05) is 34.6 Å². The molecule has 0 radical (unpaired) electrons. The summed E-state index contributed by atoms with van der Waals surface area (Å²) < 4.78 is 1.82. The second-order valence-corrected chi connectivity index (χ2v) is 6.03. The minimum Gasteiger partial charge on any atom is -0.367 e. The Labute approximate surface area is 140 Å². The van der Waals surface area contributed by atoms with Crippen LogP contribution in [0.4, 0.5) is 5.69 Å². The fourth-order valence-electron chi connectivity index (χ4n) is 2.82. The normalized spacial score (nSPS) is 15.0. The number of aromatic nitrogens is 3. The van der Waals surface area contributed by atoms with Crippen molar-refractivity contribution in [3.8, 4) is 5.69 Å². The summed E-state index contributed by atoms with van der Waals surface area (Å²) in [7, 11) is 0. The molecule has 0 unspecified atom stereocenters. The molecule has 122 valence electrons. The number of piperazine rings is 1. The first-order valence-corrected chi connectivity index (χ1v) is 8.24. The molecule has 0 atom stereocenters. The van der Waals surface area contributed by atoms with Crippen molar-refractivity contribution < 1.29 is 4.79 Å². The van der Waals surface area contributed by atoms with Gasteiger partial charge >= 0.3 is 0 Å². The second-order valence-electron chi connectivity index (χ2n) is 5.62. The smallest absolute Gasteiger partial charge is 0.222 e. The minimum absolute atomic E-state index is 0.251. The summed E-state index contributed by atoms with van der Waals surface area (Å²) in [5, 5.41) is 8.30. The maximum atomic E-state index is 12.0. The lowest BCUT2D eigenvalue weighted by Gasteiger charge is -2.36. The number of hydrogen-bond acceptors (Lipinski definition) is 4. The molecule has 1 fully saturated rings. The average molecular weight is 334 g/mol. The molecule has 1 amide bonds. The van der Waals surface area contributed by atoms with E-state index >= 15 is 0 Å². The van der Waals surface area contributed by atoms with E-state index in [0.717, 1.165) is 44.0 Å². The molecule has 1 saturated heterocycles. The van der Waals surface area contributed by atoms with Crippen molar-refractivity contribution in [3.63, 3.8) is 0 Å². The van der Waals surface area contributed by atoms with Crippen LogP contribution in [0.3, 0.4) is 0 Å². The van der Waals surface area contributed by atoms with Crippen molar-refractivity contribution in [2.45, 2.75) is 19.8 Å². The molecule has 0 aliphatic carbocycles. The Morgan fingerprint density at radius 1 is 1.17 bits per heavy atom. The SMILES string of the molecule is CCCC(=O)N1CCN(c2ccc(-n3cnnc3)cc2Cl)CC1. The Bertz CT molecular complexity index is 665. The van der Waals surface area contributed by atoms with Gasteiger partial charge in [-0.15, -0.1) is 10.2 Å². The standard InChI is InChI=1S/C16H20ClN5O/c1-2-3-16(23)21-8-6-20(7-9-21)15-5-4-13(10-14(15)17)22-11-18-19-12-22/h4-5,10-12H,2-3,6-9H2,1H3. The molecular formula is C16H20ClN5O. The first-order chi connectivity index (χ1) is 11.2. The zero-order valence-electron chi connectivity index (χ0n) is 13.2. The van der Waals surface area contributed by atoms with Crippen molar-refractivity contribution in [1.82, 2.24) is 19.7 Å². The Hall–Kier alpha value is -2.08. The Kier molecular flexibility index (Phi) is 4.81. The monoisotopic (exact) mass is 333 g/mol. The third-order valence-electron chi connectivity index (χ3n) is 4.09. The molecule has 3 rings (SSSR count). The molecule has 6 nitrogen and oxygen atoms in total. The van der Waals surface area contributed by atoms with Gasteiger partial charge in [-0.2, -0.15) is 0 Å². The summed E-state index contributed by atoms with van der Waals surface area (Å²) in [4.78, 5) is 16.1. The van der Waals surface area contributed by atoms with Crippen LogP contribution in [0.5, 0.6) is 0 Å². The number of rotatable bonds is 4. The van der Waals surface area contributed by atoms with Crippen LogP contribution in [0.2, 0.25) is 5.02 Å². The predicted octanol–water partition coefficient (Wildman–Crippen LogP) is 2.37. The van der Waals surface area contributed by atoms with Gasteiger partial charge in [0.25, 0.3) is 0 Å². The van der Waals surface area contributed by atoms with E-state index in [-0.39, 0.29) is 5.91 Å². The van der Waals surface area contributed by atoms with Crippen LogP contribution in [-0.2, 0) is 4.79 Å². The lowest BCUT2D eigenvalue weighted by atomic mass is 10.2. The van der Waals surface area contributed by atoms with Gasteiger partial charge in [0.05, 0.1) is 10.7 Å². The largest absolute Gasteiger partial charge is 0.367 e. The van der Waals surface area contributed by atoms with Gasteiger partial charge in [-0.25, -0.2) is 0 Å². The van der Waals surface area contributed by atoms with E-state index in [2.05, 4.69) is 15.1 Å². The lowest BCUT2D eigenvalue weighted by molar-refractivity contribution is -0.131. The quantitative estimate of drug-likeness (QED) is 0.862. The first-order valence-electron chi connectivity index (χ1n) is 7.86. The topological polar surface area (TPSA) is 54.3 Å². The molecule has 1 aromatic carbocycles. The molecule has 2 heterocycles. The predicted molar refractivity (Wildman–Crippen MR) is 90.1 cm³/mol. The van der Waals surface area contributed by atoms with Gasteiger partial charge in [0.1, 0.15) is 12.7 Å². The maximum absolute atomic E-state index is 12.0. The van der Waals surface area contributed by atoms with Crippen molar-refractivity contribution >= 4 is 23.2 Å². The van der Waals surface area contributed by atoms with Crippen molar-refractivity contribution in [2.75, 3.05) is 31.1 Å². The number of amides is 1. The Balaban J connectivity index is 1.68. The van der Waals surface area contributed by atoms with Gasteiger partial charge in [-0.1, -0.05) is 18.5 Å². The Morgan fingerprint density at radius 3 is 2.48 bits per heavy atom. The molecule has 7 heteroatoms. The Morgan fingerprint density at radius 2 is 1.87 bits per heavy atom. The van der Waals surface area contributed by atoms with Gasteiger partial charge in [0.15, 0.2) is 0 Å². The van der Waals surface area contributed by atoms with Crippen molar-refractivity contribution in [3.05, 3.63) is 35.9 Å². The van der Waals surface area contributed by atoms with E-state index in [0.29, 0.717) is 11.4 Å². The van der Waals surface area contributed by atoms with Crippen LogP contribution in [-0.4, -0.2) is 51.8 Å². The highest BCUT2D eigenvalue weighted by atomic mass is 35.5. The fourth-order valence-corrected chi connectivity index (χ4v) is 3.11. The number of benzene rings is 1. The molecule has 0 N–H and O–H groups in total. The number of halogens is 1. The van der Waals surface area contributed by atoms with E-state index < -0.39 is 0 Å². The summed E-state index contributed by atoms with van der Waals surface area (Å²) in [5.41, 5.74) is 1.94. The summed E-state index contributed by atoms with van der Waals surface area (Å²) in [6, 6.07) is 5.93. The molecule has 0 spiro atoms. The number of hydrogen-bond donors (Lipinski definition) is 0. The number of carbonyl (C=O) groups is 1. The molecule has 2 aromatic rings. The first kappa shape index (κ1) is 15.8. The molecule has 0 saturated carbocycles. The number of anilines is 1. The van der Waals surface area contributed by atoms with Crippen molar-refractivity contribution in [1.29, 1.82) is 0 Å². The molecule has 1 aromatic heterocycles. The second kappa shape index (κ2) is 7.00. The van der Waals surface area contributed by atoms with E-state index in [1.165, 1.54) is 0 Å². The van der Waals surface area contributed by atoms with Crippen LogP contribution < -0.4 is 4.90 Å². The highest BCUT2D eigenvalue weighted by Gasteiger charge is 2.22. The highest BCUT2D eigenvalue weighted by molar-refractivity contribution is 6.33. The van der Waals surface area contributed by atoms with E-state index in [4.69, 9.17) is 11.6 Å². The molecule has 23 heavy (non-hydrogen) atoms. The van der Waals surface area contributed by atoms with Crippen LogP contribution in [0.25, 0.3) is 5.69 Å². The van der Waals surface area contributed by atoms with Gasteiger partial charge in [0.2, 0.25) is 5.91 Å². The zero-order valence-corrected chi connectivity index (χ0v) is 13.9.